The zero-order chi connectivity index (χ0) is 16.1. The molecule has 1 amide bonds. The second-order valence-electron chi connectivity index (χ2n) is 5.23. The molecule has 3 heterocycles. The standard InChI is InChI=1S/C16H18N4O3/c1-22-10-16(21)20-4-5-23-15(9-20)14-3-2-12(8-19-14)13-6-17-11-18-7-13/h2-3,6-8,11,15H,4-5,9-10H2,1H3/t15-/m0/s1. The molecule has 0 radical (unpaired) electrons. The van der Waals surface area contributed by atoms with Gasteiger partial charge in [0.05, 0.1) is 18.8 Å². The Kier molecular flexibility index (Phi) is 4.89. The number of carbonyl (C=O) groups is 1. The van der Waals surface area contributed by atoms with Crippen LogP contribution in [0.5, 0.6) is 0 Å². The van der Waals surface area contributed by atoms with E-state index in [4.69, 9.17) is 9.47 Å². The maximum absolute atomic E-state index is 11.9. The minimum absolute atomic E-state index is 0.0288. The second kappa shape index (κ2) is 7.26. The maximum atomic E-state index is 11.9. The summed E-state index contributed by atoms with van der Waals surface area (Å²) < 4.78 is 10.6. The third kappa shape index (κ3) is 3.69. The van der Waals surface area contributed by atoms with Crippen molar-refractivity contribution < 1.29 is 14.3 Å². The van der Waals surface area contributed by atoms with Crippen molar-refractivity contribution in [2.75, 3.05) is 33.4 Å². The van der Waals surface area contributed by atoms with Crippen LogP contribution in [0, 0.1) is 0 Å². The highest BCUT2D eigenvalue weighted by atomic mass is 16.5. The van der Waals surface area contributed by atoms with Crippen molar-refractivity contribution in [1.82, 2.24) is 19.9 Å². The van der Waals surface area contributed by atoms with E-state index in [-0.39, 0.29) is 18.6 Å². The fourth-order valence-electron chi connectivity index (χ4n) is 2.48. The lowest BCUT2D eigenvalue weighted by atomic mass is 10.1. The van der Waals surface area contributed by atoms with E-state index in [1.807, 2.05) is 12.1 Å². The molecule has 2 aromatic heterocycles. The van der Waals surface area contributed by atoms with E-state index < -0.39 is 0 Å². The van der Waals surface area contributed by atoms with Crippen LogP contribution in [-0.4, -0.2) is 59.2 Å². The van der Waals surface area contributed by atoms with E-state index in [9.17, 15) is 4.79 Å². The number of methoxy groups -OCH3 is 1. The van der Waals surface area contributed by atoms with Gasteiger partial charge in [0.1, 0.15) is 19.0 Å². The highest BCUT2D eigenvalue weighted by molar-refractivity contribution is 5.77. The average Bonchev–Trinajstić information content (AvgIpc) is 2.63. The number of rotatable bonds is 4. The Hall–Kier alpha value is -2.38. The number of amides is 1. The maximum Gasteiger partial charge on any atom is 0.248 e. The van der Waals surface area contributed by atoms with Gasteiger partial charge in [0.15, 0.2) is 0 Å². The number of nitrogens with zero attached hydrogens (tertiary/aromatic N) is 4. The van der Waals surface area contributed by atoms with Gasteiger partial charge in [-0.25, -0.2) is 9.97 Å². The summed E-state index contributed by atoms with van der Waals surface area (Å²) in [5, 5.41) is 0. The predicted octanol–water partition coefficient (Wildman–Crippen LogP) is 1.08. The van der Waals surface area contributed by atoms with Crippen molar-refractivity contribution in [2.45, 2.75) is 6.10 Å². The molecule has 0 N–H and O–H groups in total. The highest BCUT2D eigenvalue weighted by Gasteiger charge is 2.26. The largest absolute Gasteiger partial charge is 0.375 e. The summed E-state index contributed by atoms with van der Waals surface area (Å²) in [6.07, 6.45) is 6.53. The van der Waals surface area contributed by atoms with E-state index in [0.717, 1.165) is 16.8 Å². The molecule has 0 aliphatic carbocycles. The summed E-state index contributed by atoms with van der Waals surface area (Å²) in [6.45, 7) is 1.66. The highest BCUT2D eigenvalue weighted by Crippen LogP contribution is 2.23. The monoisotopic (exact) mass is 314 g/mol. The van der Waals surface area contributed by atoms with Gasteiger partial charge in [0.2, 0.25) is 5.91 Å². The minimum atomic E-state index is -0.217. The predicted molar refractivity (Wildman–Crippen MR) is 82.4 cm³/mol. The molecule has 0 bridgehead atoms. The van der Waals surface area contributed by atoms with Crippen LogP contribution in [0.4, 0.5) is 0 Å². The quantitative estimate of drug-likeness (QED) is 0.840. The van der Waals surface area contributed by atoms with Gasteiger partial charge in [-0.3, -0.25) is 9.78 Å². The molecule has 1 fully saturated rings. The SMILES string of the molecule is COCC(=O)N1CCO[C@H](c2ccc(-c3cncnc3)cn2)C1. The zero-order valence-electron chi connectivity index (χ0n) is 12.9. The van der Waals surface area contributed by atoms with Crippen LogP contribution in [0.1, 0.15) is 11.8 Å². The summed E-state index contributed by atoms with van der Waals surface area (Å²) in [4.78, 5) is 26.1. The first-order valence-corrected chi connectivity index (χ1v) is 7.37. The molecule has 3 rings (SSSR count). The fraction of sp³-hybridized carbons (Fsp3) is 0.375. The van der Waals surface area contributed by atoms with Gasteiger partial charge >= 0.3 is 0 Å². The number of hydrogen-bond donors (Lipinski definition) is 0. The fourth-order valence-corrected chi connectivity index (χ4v) is 2.48. The molecule has 0 unspecified atom stereocenters. The number of aromatic nitrogens is 3. The van der Waals surface area contributed by atoms with Crippen LogP contribution in [0.2, 0.25) is 0 Å². The van der Waals surface area contributed by atoms with Gasteiger partial charge < -0.3 is 14.4 Å². The van der Waals surface area contributed by atoms with Crippen LogP contribution in [0.25, 0.3) is 11.1 Å². The van der Waals surface area contributed by atoms with Crippen LogP contribution in [-0.2, 0) is 14.3 Å². The first-order chi connectivity index (χ1) is 11.3. The van der Waals surface area contributed by atoms with E-state index in [1.165, 1.54) is 13.4 Å². The third-order valence-corrected chi connectivity index (χ3v) is 3.70. The zero-order valence-corrected chi connectivity index (χ0v) is 12.9. The van der Waals surface area contributed by atoms with Gasteiger partial charge in [-0.05, 0) is 6.07 Å². The molecule has 0 saturated carbocycles. The van der Waals surface area contributed by atoms with Crippen molar-refractivity contribution in [3.63, 3.8) is 0 Å². The number of pyridine rings is 1. The number of hydrogen-bond acceptors (Lipinski definition) is 6. The van der Waals surface area contributed by atoms with Gasteiger partial charge in [-0.2, -0.15) is 0 Å². The van der Waals surface area contributed by atoms with Crippen LogP contribution in [0.15, 0.2) is 37.1 Å². The Morgan fingerprint density at radius 3 is 2.83 bits per heavy atom. The van der Waals surface area contributed by atoms with E-state index in [2.05, 4.69) is 15.0 Å². The molecule has 0 spiro atoms. The van der Waals surface area contributed by atoms with Crippen LogP contribution >= 0.6 is 0 Å². The smallest absolute Gasteiger partial charge is 0.248 e. The molecule has 120 valence electrons. The lowest BCUT2D eigenvalue weighted by Gasteiger charge is -2.32. The molecule has 2 aromatic rings. The third-order valence-electron chi connectivity index (χ3n) is 3.70. The van der Waals surface area contributed by atoms with Crippen molar-refractivity contribution in [1.29, 1.82) is 0 Å². The Balaban J connectivity index is 1.70. The first kappa shape index (κ1) is 15.5. The normalized spacial score (nSPS) is 18.0. The van der Waals surface area contributed by atoms with Gasteiger partial charge in [-0.15, -0.1) is 0 Å². The lowest BCUT2D eigenvalue weighted by molar-refractivity contribution is -0.143. The van der Waals surface area contributed by atoms with Crippen molar-refractivity contribution in [3.8, 4) is 11.1 Å². The van der Waals surface area contributed by atoms with Gasteiger partial charge in [-0.1, -0.05) is 6.07 Å². The summed E-state index contributed by atoms with van der Waals surface area (Å²) in [5.74, 6) is -0.0288. The average molecular weight is 314 g/mol. The number of carbonyl (C=O) groups excluding carboxylic acids is 1. The number of ether oxygens (including phenoxy) is 2. The summed E-state index contributed by atoms with van der Waals surface area (Å²) in [6, 6.07) is 3.87. The summed E-state index contributed by atoms with van der Waals surface area (Å²) in [7, 11) is 1.52. The van der Waals surface area contributed by atoms with Crippen LogP contribution in [0.3, 0.4) is 0 Å². The molecule has 1 aliphatic rings. The first-order valence-electron chi connectivity index (χ1n) is 7.37. The Labute approximate surface area is 134 Å². The van der Waals surface area contributed by atoms with Crippen molar-refractivity contribution in [2.24, 2.45) is 0 Å². The Bertz CT molecular complexity index is 648. The van der Waals surface area contributed by atoms with Crippen molar-refractivity contribution >= 4 is 5.91 Å². The Morgan fingerprint density at radius 1 is 1.30 bits per heavy atom. The van der Waals surface area contributed by atoms with Gasteiger partial charge in [0, 0.05) is 43.4 Å². The number of morpholine rings is 1. The summed E-state index contributed by atoms with van der Waals surface area (Å²) >= 11 is 0. The van der Waals surface area contributed by atoms with E-state index >= 15 is 0 Å². The summed E-state index contributed by atoms with van der Waals surface area (Å²) in [5.41, 5.74) is 2.66. The minimum Gasteiger partial charge on any atom is -0.375 e. The lowest BCUT2D eigenvalue weighted by Crippen LogP contribution is -2.43. The van der Waals surface area contributed by atoms with E-state index in [1.54, 1.807) is 23.5 Å². The molecule has 7 nitrogen and oxygen atoms in total. The molecular weight excluding hydrogens is 296 g/mol. The van der Waals surface area contributed by atoms with E-state index in [0.29, 0.717) is 19.7 Å². The molecule has 1 atom stereocenters. The molecule has 0 aromatic carbocycles. The second-order valence-corrected chi connectivity index (χ2v) is 5.23. The van der Waals surface area contributed by atoms with Crippen LogP contribution < -0.4 is 0 Å². The van der Waals surface area contributed by atoms with Crippen molar-refractivity contribution in [3.05, 3.63) is 42.7 Å². The molecule has 1 aliphatic heterocycles. The Morgan fingerprint density at radius 2 is 2.13 bits per heavy atom. The van der Waals surface area contributed by atoms with Gasteiger partial charge in [0.25, 0.3) is 0 Å². The topological polar surface area (TPSA) is 77.4 Å². The molecule has 1 saturated heterocycles. The molecule has 23 heavy (non-hydrogen) atoms. The molecular formula is C16H18N4O3. The molecule has 7 heteroatoms.